The summed E-state index contributed by atoms with van der Waals surface area (Å²) >= 11 is 0. The Bertz CT molecular complexity index is 816. The molecule has 126 valence electrons. The number of carbonyl (C=O) groups is 2. The predicted molar refractivity (Wildman–Crippen MR) is 89.3 cm³/mol. The maximum Gasteiger partial charge on any atom is 0.412 e. The summed E-state index contributed by atoms with van der Waals surface area (Å²) in [5, 5.41) is 11.6. The van der Waals surface area contributed by atoms with Crippen LogP contribution in [-0.4, -0.2) is 27.8 Å². The van der Waals surface area contributed by atoms with Gasteiger partial charge in [0.1, 0.15) is 5.60 Å². The van der Waals surface area contributed by atoms with Crippen molar-refractivity contribution >= 4 is 17.7 Å². The predicted octanol–water partition coefficient (Wildman–Crippen LogP) is 3.09. The number of aromatic nitrogens is 1. The second-order valence-corrected chi connectivity index (χ2v) is 6.14. The van der Waals surface area contributed by atoms with Gasteiger partial charge in [-0.25, -0.2) is 9.59 Å². The van der Waals surface area contributed by atoms with Crippen molar-refractivity contribution in [1.82, 2.24) is 4.98 Å². The van der Waals surface area contributed by atoms with Crippen LogP contribution in [-0.2, 0) is 4.74 Å². The van der Waals surface area contributed by atoms with Gasteiger partial charge in [-0.15, -0.1) is 0 Å². The molecule has 0 aliphatic heterocycles. The van der Waals surface area contributed by atoms with E-state index in [1.807, 2.05) is 0 Å². The molecule has 1 aromatic carbocycles. The number of H-pyrrole nitrogens is 1. The summed E-state index contributed by atoms with van der Waals surface area (Å²) in [6.07, 6.45) is 0.563. The molecule has 7 heteroatoms. The van der Waals surface area contributed by atoms with Crippen LogP contribution in [0.25, 0.3) is 11.1 Å². The summed E-state index contributed by atoms with van der Waals surface area (Å²) in [7, 11) is 0. The first-order valence-corrected chi connectivity index (χ1v) is 7.22. The lowest BCUT2D eigenvalue weighted by molar-refractivity contribution is 0.0634. The second-order valence-electron chi connectivity index (χ2n) is 6.14. The zero-order valence-corrected chi connectivity index (χ0v) is 13.5. The minimum atomic E-state index is -1.13. The third kappa shape index (κ3) is 4.45. The average molecular weight is 330 g/mol. The lowest BCUT2D eigenvalue weighted by Gasteiger charge is -2.19. The van der Waals surface area contributed by atoms with Gasteiger partial charge in [-0.2, -0.15) is 0 Å². The topological polar surface area (TPSA) is 108 Å². The van der Waals surface area contributed by atoms with Gasteiger partial charge in [-0.05, 0) is 44.5 Å². The van der Waals surface area contributed by atoms with Gasteiger partial charge in [0.2, 0.25) is 0 Å². The van der Waals surface area contributed by atoms with Gasteiger partial charge >= 0.3 is 12.1 Å². The molecule has 3 N–H and O–H groups in total. The number of benzene rings is 1. The fraction of sp³-hybridized carbons (Fsp3) is 0.235. The fourth-order valence-corrected chi connectivity index (χ4v) is 1.98. The molecule has 2 aromatic rings. The van der Waals surface area contributed by atoms with Crippen molar-refractivity contribution in [2.24, 2.45) is 0 Å². The molecule has 0 unspecified atom stereocenters. The van der Waals surface area contributed by atoms with Crippen LogP contribution in [0.4, 0.5) is 10.5 Å². The SMILES string of the molecule is CC(C)(C)OC(=O)Nc1ccc(-c2cc(C(=O)O)c[nH]c2=O)cc1. The summed E-state index contributed by atoms with van der Waals surface area (Å²) in [6.45, 7) is 5.28. The number of aromatic amines is 1. The molecule has 0 fully saturated rings. The summed E-state index contributed by atoms with van der Waals surface area (Å²) in [5.41, 5.74) is 0.259. The Morgan fingerprint density at radius 2 is 1.79 bits per heavy atom. The monoisotopic (exact) mass is 330 g/mol. The molecule has 1 heterocycles. The highest BCUT2D eigenvalue weighted by Crippen LogP contribution is 2.20. The molecule has 0 atom stereocenters. The van der Waals surface area contributed by atoms with Gasteiger partial charge in [0.15, 0.2) is 0 Å². The average Bonchev–Trinajstić information content (AvgIpc) is 2.46. The molecule has 0 spiro atoms. The zero-order valence-electron chi connectivity index (χ0n) is 13.5. The molecule has 0 aliphatic rings. The smallest absolute Gasteiger partial charge is 0.412 e. The second kappa shape index (κ2) is 6.57. The molecule has 0 saturated heterocycles. The molecular weight excluding hydrogens is 312 g/mol. The number of carbonyl (C=O) groups excluding carboxylic acids is 1. The number of amides is 1. The van der Waals surface area contributed by atoms with Gasteiger partial charge in [0.05, 0.1) is 5.56 Å². The van der Waals surface area contributed by atoms with Gasteiger partial charge in [0.25, 0.3) is 5.56 Å². The maximum absolute atomic E-state index is 11.9. The van der Waals surface area contributed by atoms with Crippen LogP contribution in [0.1, 0.15) is 31.1 Å². The maximum atomic E-state index is 11.9. The minimum Gasteiger partial charge on any atom is -0.478 e. The number of anilines is 1. The van der Waals surface area contributed by atoms with E-state index in [-0.39, 0.29) is 11.1 Å². The van der Waals surface area contributed by atoms with E-state index >= 15 is 0 Å². The Kier molecular flexibility index (Phi) is 4.73. The van der Waals surface area contributed by atoms with E-state index in [2.05, 4.69) is 10.3 Å². The number of nitrogens with one attached hydrogen (secondary N) is 2. The normalized spacial score (nSPS) is 11.0. The van der Waals surface area contributed by atoms with Gasteiger partial charge in [-0.3, -0.25) is 10.1 Å². The molecule has 7 nitrogen and oxygen atoms in total. The lowest BCUT2D eigenvalue weighted by Crippen LogP contribution is -2.27. The van der Waals surface area contributed by atoms with E-state index in [1.165, 1.54) is 6.07 Å². The third-order valence-corrected chi connectivity index (χ3v) is 2.99. The zero-order chi connectivity index (χ0) is 17.9. The van der Waals surface area contributed by atoms with Crippen molar-refractivity contribution in [3.63, 3.8) is 0 Å². The summed E-state index contributed by atoms with van der Waals surface area (Å²) in [5.74, 6) is -1.13. The number of aromatic carboxylic acids is 1. The molecule has 0 aliphatic carbocycles. The number of ether oxygens (including phenoxy) is 1. The van der Waals surface area contributed by atoms with Crippen LogP contribution in [0.2, 0.25) is 0 Å². The molecule has 0 saturated carbocycles. The molecule has 24 heavy (non-hydrogen) atoms. The van der Waals surface area contributed by atoms with E-state index in [9.17, 15) is 14.4 Å². The van der Waals surface area contributed by atoms with Crippen molar-refractivity contribution in [2.75, 3.05) is 5.32 Å². The molecule has 2 rings (SSSR count). The number of hydrogen-bond donors (Lipinski definition) is 3. The number of rotatable bonds is 3. The number of carboxylic acids is 1. The van der Waals surface area contributed by atoms with Crippen LogP contribution in [0.5, 0.6) is 0 Å². The largest absolute Gasteiger partial charge is 0.478 e. The molecular formula is C17H18N2O5. The molecule has 0 radical (unpaired) electrons. The molecule has 0 bridgehead atoms. The van der Waals surface area contributed by atoms with Crippen LogP contribution in [0.3, 0.4) is 0 Å². The highest BCUT2D eigenvalue weighted by Gasteiger charge is 2.16. The van der Waals surface area contributed by atoms with E-state index in [0.29, 0.717) is 11.3 Å². The van der Waals surface area contributed by atoms with E-state index in [4.69, 9.17) is 9.84 Å². The first-order chi connectivity index (χ1) is 11.2. The first kappa shape index (κ1) is 17.3. The standard InChI is InChI=1S/C17H18N2O5/c1-17(2,3)24-16(23)19-12-6-4-10(5-7-12)13-8-11(15(21)22)9-18-14(13)20/h4-9H,1-3H3,(H,18,20)(H,19,23)(H,21,22). The van der Waals surface area contributed by atoms with Gasteiger partial charge < -0.3 is 14.8 Å². The minimum absolute atomic E-state index is 0.0134. The number of pyridine rings is 1. The highest BCUT2D eigenvalue weighted by molar-refractivity contribution is 5.89. The summed E-state index contributed by atoms with van der Waals surface area (Å²) in [4.78, 5) is 37.0. The molecule has 1 aromatic heterocycles. The van der Waals surface area contributed by atoms with Crippen LogP contribution in [0.15, 0.2) is 41.3 Å². The third-order valence-electron chi connectivity index (χ3n) is 2.99. The Hall–Kier alpha value is -3.09. The van der Waals surface area contributed by atoms with E-state index in [1.54, 1.807) is 45.0 Å². The van der Waals surface area contributed by atoms with Gasteiger partial charge in [-0.1, -0.05) is 12.1 Å². The van der Waals surface area contributed by atoms with Crippen molar-refractivity contribution < 1.29 is 19.4 Å². The Balaban J connectivity index is 2.21. The van der Waals surface area contributed by atoms with E-state index < -0.39 is 23.2 Å². The summed E-state index contributed by atoms with van der Waals surface area (Å²) < 4.78 is 5.15. The number of carboxylic acid groups (broad SMARTS) is 1. The van der Waals surface area contributed by atoms with Crippen molar-refractivity contribution in [3.05, 3.63) is 52.4 Å². The quantitative estimate of drug-likeness (QED) is 0.801. The van der Waals surface area contributed by atoms with Crippen LogP contribution in [0, 0.1) is 0 Å². The summed E-state index contributed by atoms with van der Waals surface area (Å²) in [6, 6.07) is 7.74. The van der Waals surface area contributed by atoms with E-state index in [0.717, 1.165) is 6.20 Å². The Morgan fingerprint density at radius 3 is 2.33 bits per heavy atom. The van der Waals surface area contributed by atoms with Crippen molar-refractivity contribution in [2.45, 2.75) is 26.4 Å². The first-order valence-electron chi connectivity index (χ1n) is 7.22. The van der Waals surface area contributed by atoms with Crippen molar-refractivity contribution in [3.8, 4) is 11.1 Å². The van der Waals surface area contributed by atoms with Crippen LogP contribution >= 0.6 is 0 Å². The Labute approximate surface area is 138 Å². The van der Waals surface area contributed by atoms with Crippen LogP contribution < -0.4 is 10.9 Å². The number of hydrogen-bond acceptors (Lipinski definition) is 4. The Morgan fingerprint density at radius 1 is 1.17 bits per heavy atom. The van der Waals surface area contributed by atoms with Gasteiger partial charge in [0, 0.05) is 17.4 Å². The van der Waals surface area contributed by atoms with Crippen molar-refractivity contribution in [1.29, 1.82) is 0 Å². The fourth-order valence-electron chi connectivity index (χ4n) is 1.98. The molecule has 1 amide bonds. The lowest BCUT2D eigenvalue weighted by atomic mass is 10.1. The highest BCUT2D eigenvalue weighted by atomic mass is 16.6.